The molecule has 174 valence electrons. The van der Waals surface area contributed by atoms with Gasteiger partial charge in [-0.25, -0.2) is 4.79 Å². The molecule has 0 aliphatic carbocycles. The van der Waals surface area contributed by atoms with Crippen LogP contribution in [-0.4, -0.2) is 86.1 Å². The van der Waals surface area contributed by atoms with Crippen molar-refractivity contribution in [2.45, 2.75) is 26.4 Å². The fraction of sp³-hybridized carbons (Fsp3) is 0.650. The number of carbonyl (C=O) groups is 1. The monoisotopic (exact) mass is 459 g/mol. The van der Waals surface area contributed by atoms with Gasteiger partial charge in [0.15, 0.2) is 0 Å². The molecule has 1 aromatic carbocycles. The molecule has 0 unspecified atom stereocenters. The van der Waals surface area contributed by atoms with Gasteiger partial charge < -0.3 is 23.8 Å². The first-order valence-electron chi connectivity index (χ1n) is 10.0. The fourth-order valence-electron chi connectivity index (χ4n) is 2.91. The van der Waals surface area contributed by atoms with E-state index in [0.29, 0.717) is 26.3 Å². The van der Waals surface area contributed by atoms with E-state index in [1.54, 1.807) is 4.90 Å². The molecule has 0 radical (unpaired) electrons. The molecule has 1 fully saturated rings. The molecular weight excluding hydrogens is 430 g/mol. The summed E-state index contributed by atoms with van der Waals surface area (Å²) in [5.41, 5.74) is -0.870. The average Bonchev–Trinajstić information content (AvgIpc) is 2.70. The van der Waals surface area contributed by atoms with Crippen LogP contribution in [0.3, 0.4) is 0 Å². The summed E-state index contributed by atoms with van der Waals surface area (Å²) in [5, 5.41) is 11.2. The second-order valence-corrected chi connectivity index (χ2v) is 8.39. The van der Waals surface area contributed by atoms with Crippen LogP contribution in [0.2, 0.25) is 5.02 Å². The average molecular weight is 460 g/mol. The van der Waals surface area contributed by atoms with E-state index in [9.17, 15) is 14.9 Å². The Kier molecular flexibility index (Phi) is 9.15. The van der Waals surface area contributed by atoms with Gasteiger partial charge in [-0.05, 0) is 20.8 Å². The molecule has 11 heteroatoms. The molecule has 0 saturated carbocycles. The van der Waals surface area contributed by atoms with Gasteiger partial charge in [-0.15, -0.1) is 0 Å². The summed E-state index contributed by atoms with van der Waals surface area (Å²) < 4.78 is 21.6. The highest BCUT2D eigenvalue weighted by molar-refractivity contribution is 6.32. The number of methoxy groups -OCH3 is 1. The molecule has 1 aliphatic heterocycles. The second kappa shape index (κ2) is 11.4. The summed E-state index contributed by atoms with van der Waals surface area (Å²) in [6.07, 6.45) is -0.434. The second-order valence-electron chi connectivity index (χ2n) is 7.98. The van der Waals surface area contributed by atoms with E-state index in [1.165, 1.54) is 19.2 Å². The highest BCUT2D eigenvalue weighted by Gasteiger charge is 2.24. The van der Waals surface area contributed by atoms with Gasteiger partial charge in [0.05, 0.1) is 36.8 Å². The third-order valence-corrected chi connectivity index (χ3v) is 4.79. The molecule has 1 aromatic rings. The van der Waals surface area contributed by atoms with Crippen molar-refractivity contribution < 1.29 is 28.7 Å². The largest absolute Gasteiger partial charge is 0.490 e. The van der Waals surface area contributed by atoms with Crippen molar-refractivity contribution in [2.24, 2.45) is 0 Å². The Morgan fingerprint density at radius 2 is 1.94 bits per heavy atom. The minimum Gasteiger partial charge on any atom is -0.490 e. The number of hydrogen-bond donors (Lipinski definition) is 0. The molecule has 1 saturated heterocycles. The van der Waals surface area contributed by atoms with Crippen LogP contribution in [0, 0.1) is 10.1 Å². The number of rotatable bonds is 9. The maximum Gasteiger partial charge on any atom is 0.410 e. The zero-order chi connectivity index (χ0) is 23.0. The molecule has 1 aliphatic rings. The standard InChI is InChI=1S/C20H30ClN3O7/c1-20(2,3)31-19(25)23(6-5-22-7-10-29-11-8-22)9-12-30-17-14-18(28-4)16(24(26)27)13-15(17)21/h13-14H,5-12H2,1-4H3. The summed E-state index contributed by atoms with van der Waals surface area (Å²) in [6.45, 7) is 9.96. The van der Waals surface area contributed by atoms with Crippen molar-refractivity contribution in [3.05, 3.63) is 27.3 Å². The summed E-state index contributed by atoms with van der Waals surface area (Å²) >= 11 is 6.12. The number of nitro groups is 1. The van der Waals surface area contributed by atoms with Gasteiger partial charge in [0, 0.05) is 38.3 Å². The number of nitro benzene ring substituents is 1. The normalized spacial score (nSPS) is 14.7. The maximum absolute atomic E-state index is 12.6. The van der Waals surface area contributed by atoms with Crippen LogP contribution >= 0.6 is 11.6 Å². The van der Waals surface area contributed by atoms with Crippen molar-refractivity contribution in [3.8, 4) is 11.5 Å². The van der Waals surface area contributed by atoms with Gasteiger partial charge in [-0.3, -0.25) is 15.0 Å². The van der Waals surface area contributed by atoms with Gasteiger partial charge in [-0.2, -0.15) is 0 Å². The molecule has 1 amide bonds. The Morgan fingerprint density at radius 3 is 2.52 bits per heavy atom. The Balaban J connectivity index is 2.01. The van der Waals surface area contributed by atoms with E-state index < -0.39 is 16.6 Å². The van der Waals surface area contributed by atoms with Crippen LogP contribution < -0.4 is 9.47 Å². The van der Waals surface area contributed by atoms with Crippen LogP contribution in [-0.2, 0) is 9.47 Å². The lowest BCUT2D eigenvalue weighted by Gasteiger charge is -2.31. The fourth-order valence-corrected chi connectivity index (χ4v) is 3.13. The highest BCUT2D eigenvalue weighted by atomic mass is 35.5. The number of amides is 1. The molecule has 0 N–H and O–H groups in total. The zero-order valence-electron chi connectivity index (χ0n) is 18.4. The lowest BCUT2D eigenvalue weighted by molar-refractivity contribution is -0.385. The lowest BCUT2D eigenvalue weighted by atomic mass is 10.2. The molecule has 0 aromatic heterocycles. The molecule has 10 nitrogen and oxygen atoms in total. The predicted molar refractivity (Wildman–Crippen MR) is 115 cm³/mol. The van der Waals surface area contributed by atoms with Crippen LogP contribution in [0.15, 0.2) is 12.1 Å². The van der Waals surface area contributed by atoms with Gasteiger partial charge in [0.25, 0.3) is 0 Å². The maximum atomic E-state index is 12.6. The SMILES string of the molecule is COc1cc(OCCN(CCN2CCOCC2)C(=O)OC(C)(C)C)c(Cl)cc1[N+](=O)[O-]. The van der Waals surface area contributed by atoms with Crippen molar-refractivity contribution in [1.29, 1.82) is 0 Å². The number of ether oxygens (including phenoxy) is 4. The third-order valence-electron chi connectivity index (χ3n) is 4.49. The first-order valence-corrected chi connectivity index (χ1v) is 10.4. The van der Waals surface area contributed by atoms with E-state index >= 15 is 0 Å². The first-order chi connectivity index (χ1) is 14.6. The topological polar surface area (TPSA) is 104 Å². The summed E-state index contributed by atoms with van der Waals surface area (Å²) in [5.74, 6) is 0.280. The minimum atomic E-state index is -0.621. The molecule has 0 bridgehead atoms. The Labute approximate surface area is 187 Å². The van der Waals surface area contributed by atoms with Crippen molar-refractivity contribution in [3.63, 3.8) is 0 Å². The molecule has 2 rings (SSSR count). The summed E-state index contributed by atoms with van der Waals surface area (Å²) in [6, 6.07) is 2.55. The van der Waals surface area contributed by atoms with Gasteiger partial charge in [-0.1, -0.05) is 11.6 Å². The van der Waals surface area contributed by atoms with E-state index in [1.807, 2.05) is 20.8 Å². The van der Waals surface area contributed by atoms with Gasteiger partial charge >= 0.3 is 11.8 Å². The number of benzene rings is 1. The quantitative estimate of drug-likeness (QED) is 0.409. The number of nitrogens with zero attached hydrogens (tertiary/aromatic N) is 3. The Morgan fingerprint density at radius 1 is 1.26 bits per heavy atom. The van der Waals surface area contributed by atoms with Gasteiger partial charge in [0.1, 0.15) is 18.0 Å². The summed E-state index contributed by atoms with van der Waals surface area (Å²) in [4.78, 5) is 27.0. The van der Waals surface area contributed by atoms with Crippen molar-refractivity contribution in [1.82, 2.24) is 9.80 Å². The Hall–Kier alpha value is -2.30. The molecular formula is C20H30ClN3O7. The van der Waals surface area contributed by atoms with Crippen LogP contribution in [0.1, 0.15) is 20.8 Å². The molecule has 0 atom stereocenters. The lowest BCUT2D eigenvalue weighted by Crippen LogP contribution is -2.45. The molecule has 0 spiro atoms. The van der Waals surface area contributed by atoms with E-state index in [0.717, 1.165) is 13.1 Å². The zero-order valence-corrected chi connectivity index (χ0v) is 19.1. The summed E-state index contributed by atoms with van der Waals surface area (Å²) in [7, 11) is 1.33. The third kappa shape index (κ3) is 8.04. The van der Waals surface area contributed by atoms with E-state index in [-0.39, 0.29) is 35.4 Å². The Bertz CT molecular complexity index is 764. The van der Waals surface area contributed by atoms with Crippen LogP contribution in [0.25, 0.3) is 0 Å². The number of morpholine rings is 1. The van der Waals surface area contributed by atoms with Crippen LogP contribution in [0.5, 0.6) is 11.5 Å². The first kappa shape index (κ1) is 25.0. The van der Waals surface area contributed by atoms with Crippen molar-refractivity contribution in [2.75, 3.05) is 59.7 Å². The number of carbonyl (C=O) groups excluding carboxylic acids is 1. The minimum absolute atomic E-state index is 0.0423. The molecule has 31 heavy (non-hydrogen) atoms. The number of hydrogen-bond acceptors (Lipinski definition) is 8. The molecule has 1 heterocycles. The van der Waals surface area contributed by atoms with E-state index in [2.05, 4.69) is 4.90 Å². The smallest absolute Gasteiger partial charge is 0.410 e. The number of halogens is 1. The van der Waals surface area contributed by atoms with Crippen LogP contribution in [0.4, 0.5) is 10.5 Å². The van der Waals surface area contributed by atoms with E-state index in [4.69, 9.17) is 30.5 Å². The van der Waals surface area contributed by atoms with Gasteiger partial charge in [0.2, 0.25) is 5.75 Å². The van der Waals surface area contributed by atoms with Crippen molar-refractivity contribution >= 4 is 23.4 Å². The highest BCUT2D eigenvalue weighted by Crippen LogP contribution is 2.37. The predicted octanol–water partition coefficient (Wildman–Crippen LogP) is 3.20.